The van der Waals surface area contributed by atoms with Gasteiger partial charge in [0, 0.05) is 24.8 Å². The molecule has 0 bridgehead atoms. The summed E-state index contributed by atoms with van der Waals surface area (Å²) < 4.78 is 1.77. The molecule has 3 aromatic rings. The van der Waals surface area contributed by atoms with Crippen molar-refractivity contribution in [2.75, 3.05) is 5.32 Å². The van der Waals surface area contributed by atoms with Gasteiger partial charge in [0.2, 0.25) is 0 Å². The van der Waals surface area contributed by atoms with Crippen LogP contribution < -0.4 is 11.1 Å². The number of rotatable bonds is 4. The zero-order chi connectivity index (χ0) is 14.8. The zero-order valence-corrected chi connectivity index (χ0v) is 12.4. The number of para-hydroxylation sites is 1. The van der Waals surface area contributed by atoms with Crippen molar-refractivity contribution in [3.8, 4) is 0 Å². The van der Waals surface area contributed by atoms with Crippen LogP contribution >= 0.6 is 12.2 Å². The molecule has 0 saturated carbocycles. The Labute approximate surface area is 127 Å². The number of nitrogens with two attached hydrogens (primary N) is 1. The fourth-order valence-electron chi connectivity index (χ4n) is 2.26. The third-order valence-electron chi connectivity index (χ3n) is 3.26. The van der Waals surface area contributed by atoms with Gasteiger partial charge in [-0.05, 0) is 12.1 Å². The van der Waals surface area contributed by atoms with Crippen LogP contribution in [0.5, 0.6) is 0 Å². The van der Waals surface area contributed by atoms with Crippen molar-refractivity contribution in [1.29, 1.82) is 0 Å². The van der Waals surface area contributed by atoms with Gasteiger partial charge in [0.05, 0.1) is 29.0 Å². The van der Waals surface area contributed by atoms with Crippen LogP contribution in [-0.4, -0.2) is 19.8 Å². The molecule has 0 spiro atoms. The SMILES string of the molecule is Cn1ccc(CNc2c(C(N)=S)cnc3ccccc23)n1. The molecule has 0 fully saturated rings. The molecule has 3 rings (SSSR count). The molecule has 0 atom stereocenters. The highest BCUT2D eigenvalue weighted by atomic mass is 32.1. The molecule has 0 saturated heterocycles. The number of pyridine rings is 1. The second kappa shape index (κ2) is 5.49. The summed E-state index contributed by atoms with van der Waals surface area (Å²) in [6, 6.07) is 9.86. The first-order valence-electron chi connectivity index (χ1n) is 6.55. The lowest BCUT2D eigenvalue weighted by atomic mass is 10.1. The highest BCUT2D eigenvalue weighted by Gasteiger charge is 2.11. The minimum absolute atomic E-state index is 0.330. The molecule has 0 unspecified atom stereocenters. The Hall–Kier alpha value is -2.47. The first kappa shape index (κ1) is 13.5. The van der Waals surface area contributed by atoms with Gasteiger partial charge in [-0.1, -0.05) is 30.4 Å². The largest absolute Gasteiger partial charge is 0.389 e. The van der Waals surface area contributed by atoms with Crippen molar-refractivity contribution in [2.24, 2.45) is 12.8 Å². The summed E-state index contributed by atoms with van der Waals surface area (Å²) in [7, 11) is 1.89. The quantitative estimate of drug-likeness (QED) is 0.723. The Morgan fingerprint density at radius 3 is 2.86 bits per heavy atom. The zero-order valence-electron chi connectivity index (χ0n) is 11.6. The van der Waals surface area contributed by atoms with Crippen molar-refractivity contribution < 1.29 is 0 Å². The van der Waals surface area contributed by atoms with E-state index < -0.39 is 0 Å². The maximum absolute atomic E-state index is 5.81. The number of nitrogens with one attached hydrogen (secondary N) is 1. The average Bonchev–Trinajstić information content (AvgIpc) is 2.90. The third kappa shape index (κ3) is 2.71. The molecule has 3 N–H and O–H groups in total. The van der Waals surface area contributed by atoms with Crippen molar-refractivity contribution >= 4 is 33.8 Å². The second-order valence-corrected chi connectivity index (χ2v) is 5.20. The van der Waals surface area contributed by atoms with E-state index in [0.29, 0.717) is 11.5 Å². The van der Waals surface area contributed by atoms with E-state index in [2.05, 4.69) is 15.4 Å². The van der Waals surface area contributed by atoms with Crippen LogP contribution in [-0.2, 0) is 13.6 Å². The van der Waals surface area contributed by atoms with Gasteiger partial charge in [0.1, 0.15) is 4.99 Å². The van der Waals surface area contributed by atoms with Crippen LogP contribution in [0.1, 0.15) is 11.3 Å². The van der Waals surface area contributed by atoms with Crippen LogP contribution in [0.15, 0.2) is 42.7 Å². The number of anilines is 1. The molecule has 0 aliphatic heterocycles. The van der Waals surface area contributed by atoms with E-state index in [9.17, 15) is 0 Å². The van der Waals surface area contributed by atoms with E-state index in [4.69, 9.17) is 18.0 Å². The van der Waals surface area contributed by atoms with Crippen molar-refractivity contribution in [2.45, 2.75) is 6.54 Å². The van der Waals surface area contributed by atoms with Gasteiger partial charge in [-0.15, -0.1) is 0 Å². The minimum atomic E-state index is 0.330. The number of thiocarbonyl (C=S) groups is 1. The summed E-state index contributed by atoms with van der Waals surface area (Å²) in [5.41, 5.74) is 9.32. The first-order valence-corrected chi connectivity index (χ1v) is 6.96. The lowest BCUT2D eigenvalue weighted by Gasteiger charge is -2.13. The van der Waals surface area contributed by atoms with E-state index in [1.165, 1.54) is 0 Å². The van der Waals surface area contributed by atoms with Gasteiger partial charge in [-0.3, -0.25) is 9.67 Å². The monoisotopic (exact) mass is 297 g/mol. The van der Waals surface area contributed by atoms with Crippen LogP contribution in [0, 0.1) is 0 Å². The van der Waals surface area contributed by atoms with Gasteiger partial charge in [-0.25, -0.2) is 0 Å². The smallest absolute Gasteiger partial charge is 0.107 e. The van der Waals surface area contributed by atoms with Crippen LogP contribution in [0.3, 0.4) is 0 Å². The maximum atomic E-state index is 5.81. The number of hydrogen-bond acceptors (Lipinski definition) is 4. The Morgan fingerprint density at radius 1 is 1.33 bits per heavy atom. The standard InChI is InChI=1S/C15H15N5S/c1-20-7-6-10(19-20)8-18-14-11-4-2-3-5-13(11)17-9-12(14)15(16)21/h2-7,9H,8H2,1H3,(H2,16,21)(H,17,18). The van der Waals surface area contributed by atoms with Crippen LogP contribution in [0.25, 0.3) is 10.9 Å². The minimum Gasteiger partial charge on any atom is -0.389 e. The van der Waals surface area contributed by atoms with Crippen molar-refractivity contribution in [3.05, 3.63) is 54.0 Å². The first-order chi connectivity index (χ1) is 10.1. The molecule has 106 valence electrons. The predicted molar refractivity (Wildman–Crippen MR) is 88.2 cm³/mol. The molecule has 2 aromatic heterocycles. The molecule has 0 amide bonds. The highest BCUT2D eigenvalue weighted by molar-refractivity contribution is 7.80. The predicted octanol–water partition coefficient (Wildman–Crippen LogP) is 2.21. The van der Waals surface area contributed by atoms with Crippen LogP contribution in [0.2, 0.25) is 0 Å². The molecule has 0 aliphatic rings. The molecule has 0 aliphatic carbocycles. The molecule has 0 radical (unpaired) electrons. The van der Waals surface area contributed by atoms with E-state index in [-0.39, 0.29) is 0 Å². The second-order valence-electron chi connectivity index (χ2n) is 4.76. The topological polar surface area (TPSA) is 68.8 Å². The Kier molecular flexibility index (Phi) is 3.53. The normalized spacial score (nSPS) is 10.7. The number of hydrogen-bond donors (Lipinski definition) is 2. The molecular weight excluding hydrogens is 282 g/mol. The molecule has 21 heavy (non-hydrogen) atoms. The number of aryl methyl sites for hydroxylation is 1. The molecular formula is C15H15N5S. The van der Waals surface area contributed by atoms with Crippen molar-refractivity contribution in [1.82, 2.24) is 14.8 Å². The third-order valence-corrected chi connectivity index (χ3v) is 3.48. The number of aromatic nitrogens is 3. The molecule has 5 nitrogen and oxygen atoms in total. The van der Waals surface area contributed by atoms with E-state index in [1.807, 2.05) is 43.6 Å². The van der Waals surface area contributed by atoms with Gasteiger partial charge in [-0.2, -0.15) is 5.10 Å². The number of benzene rings is 1. The van der Waals surface area contributed by atoms with E-state index >= 15 is 0 Å². The number of nitrogens with zero attached hydrogens (tertiary/aromatic N) is 3. The van der Waals surface area contributed by atoms with Gasteiger partial charge in [0.25, 0.3) is 0 Å². The Balaban J connectivity index is 2.01. The summed E-state index contributed by atoms with van der Waals surface area (Å²) >= 11 is 5.13. The summed E-state index contributed by atoms with van der Waals surface area (Å²) in [4.78, 5) is 4.73. The lowest BCUT2D eigenvalue weighted by Crippen LogP contribution is -2.14. The fourth-order valence-corrected chi connectivity index (χ4v) is 2.41. The summed E-state index contributed by atoms with van der Waals surface area (Å²) in [6.45, 7) is 0.602. The summed E-state index contributed by atoms with van der Waals surface area (Å²) in [6.07, 6.45) is 3.63. The van der Waals surface area contributed by atoms with Gasteiger partial charge >= 0.3 is 0 Å². The van der Waals surface area contributed by atoms with Gasteiger partial charge in [0.15, 0.2) is 0 Å². The van der Waals surface area contributed by atoms with E-state index in [0.717, 1.165) is 27.8 Å². The highest BCUT2D eigenvalue weighted by Crippen LogP contribution is 2.26. The number of fused-ring (bicyclic) bond motifs is 1. The van der Waals surface area contributed by atoms with Crippen LogP contribution in [0.4, 0.5) is 5.69 Å². The van der Waals surface area contributed by atoms with Crippen molar-refractivity contribution in [3.63, 3.8) is 0 Å². The Bertz CT molecular complexity index is 809. The fraction of sp³-hybridized carbons (Fsp3) is 0.133. The average molecular weight is 297 g/mol. The summed E-state index contributed by atoms with van der Waals surface area (Å²) in [5, 5.41) is 8.74. The van der Waals surface area contributed by atoms with E-state index in [1.54, 1.807) is 10.9 Å². The van der Waals surface area contributed by atoms with Gasteiger partial charge < -0.3 is 11.1 Å². The molecule has 1 aromatic carbocycles. The summed E-state index contributed by atoms with van der Waals surface area (Å²) in [5.74, 6) is 0. The maximum Gasteiger partial charge on any atom is 0.107 e. The Morgan fingerprint density at radius 2 is 2.14 bits per heavy atom. The molecule has 2 heterocycles. The lowest BCUT2D eigenvalue weighted by molar-refractivity contribution is 0.747. The molecule has 6 heteroatoms.